The largest absolute Gasteiger partial charge is 0.385 e. The van der Waals surface area contributed by atoms with Crippen molar-refractivity contribution < 1.29 is 5.11 Å². The zero-order valence-electron chi connectivity index (χ0n) is 5.09. The van der Waals surface area contributed by atoms with Crippen molar-refractivity contribution in [2.45, 2.75) is 25.4 Å². The molecule has 1 N–H and O–H groups in total. The second kappa shape index (κ2) is 1.90. The smallest absolute Gasteiger partial charge is 0.0860 e. The van der Waals surface area contributed by atoms with E-state index in [1.54, 1.807) is 0 Å². The summed E-state index contributed by atoms with van der Waals surface area (Å²) in [7, 11) is 0. The van der Waals surface area contributed by atoms with Gasteiger partial charge in [0.2, 0.25) is 0 Å². The van der Waals surface area contributed by atoms with E-state index in [0.29, 0.717) is 0 Å². The Kier molecular flexibility index (Phi) is 1.39. The van der Waals surface area contributed by atoms with Crippen LogP contribution in [0.4, 0.5) is 0 Å². The molecule has 1 atom stereocenters. The van der Waals surface area contributed by atoms with Crippen molar-refractivity contribution in [3.8, 4) is 0 Å². The van der Waals surface area contributed by atoms with Crippen molar-refractivity contribution in [2.75, 3.05) is 0 Å². The van der Waals surface area contributed by atoms with Gasteiger partial charge in [-0.25, -0.2) is 0 Å². The van der Waals surface area contributed by atoms with Crippen LogP contribution in [0.5, 0.6) is 0 Å². The molecule has 45 valence electrons. The van der Waals surface area contributed by atoms with Gasteiger partial charge < -0.3 is 5.11 Å². The molecule has 1 heteroatoms. The summed E-state index contributed by atoms with van der Waals surface area (Å²) < 4.78 is 0. The van der Waals surface area contributed by atoms with E-state index in [1.807, 2.05) is 25.5 Å². The first-order valence-electron chi connectivity index (χ1n) is 3.01. The molecule has 0 aromatic carbocycles. The minimum absolute atomic E-state index is 0.569. The first-order valence-corrected chi connectivity index (χ1v) is 3.01. The molecule has 8 heavy (non-hydrogen) atoms. The zero-order chi connectivity index (χ0) is 6.04. The van der Waals surface area contributed by atoms with E-state index < -0.39 is 5.60 Å². The molecule has 0 aliphatic heterocycles. The maximum atomic E-state index is 9.36. The van der Waals surface area contributed by atoms with E-state index in [9.17, 15) is 5.11 Å². The molecule has 0 spiro atoms. The van der Waals surface area contributed by atoms with Crippen LogP contribution < -0.4 is 0 Å². The molecule has 1 nitrogen and oxygen atoms in total. The molecular formula is C7H11O. The summed E-state index contributed by atoms with van der Waals surface area (Å²) in [5, 5.41) is 9.36. The molecule has 1 rings (SSSR count). The second-order valence-electron chi connectivity index (χ2n) is 2.19. The lowest BCUT2D eigenvalue weighted by atomic mass is 10.0. The number of hydrogen-bond donors (Lipinski definition) is 1. The van der Waals surface area contributed by atoms with Crippen LogP contribution >= 0.6 is 0 Å². The average Bonchev–Trinajstić information content (AvgIpc) is 2.17. The maximum Gasteiger partial charge on any atom is 0.0860 e. The summed E-state index contributed by atoms with van der Waals surface area (Å²) in [6.07, 6.45) is 7.48. The Balaban J connectivity index is 2.54. The minimum Gasteiger partial charge on any atom is -0.385 e. The fourth-order valence-corrected chi connectivity index (χ4v) is 0.874. The monoisotopic (exact) mass is 111 g/mol. The van der Waals surface area contributed by atoms with Gasteiger partial charge in [-0.1, -0.05) is 19.1 Å². The molecule has 1 unspecified atom stereocenters. The molecule has 0 fully saturated rings. The van der Waals surface area contributed by atoms with Crippen LogP contribution in [0.15, 0.2) is 12.2 Å². The maximum absolute atomic E-state index is 9.36. The second-order valence-corrected chi connectivity index (χ2v) is 2.19. The standard InChI is InChI=1S/C7H11O/c1-2-7(8)5-3-4-6-7/h3,5-6,8H,2,4H2,1H3. The predicted molar refractivity (Wildman–Crippen MR) is 33.3 cm³/mol. The van der Waals surface area contributed by atoms with Gasteiger partial charge in [-0.15, -0.1) is 0 Å². The van der Waals surface area contributed by atoms with Crippen LogP contribution in [-0.4, -0.2) is 10.7 Å². The SMILES string of the molecule is CCC1(O)[CH]CC=C1. The summed E-state index contributed by atoms with van der Waals surface area (Å²) in [5.41, 5.74) is -0.569. The van der Waals surface area contributed by atoms with Gasteiger partial charge in [-0.05, 0) is 12.8 Å². The summed E-state index contributed by atoms with van der Waals surface area (Å²) >= 11 is 0. The Morgan fingerprint density at radius 2 is 2.50 bits per heavy atom. The molecule has 0 amide bonds. The van der Waals surface area contributed by atoms with Crippen LogP contribution in [0.1, 0.15) is 19.8 Å². The zero-order valence-corrected chi connectivity index (χ0v) is 5.09. The van der Waals surface area contributed by atoms with Gasteiger partial charge in [0, 0.05) is 6.42 Å². The van der Waals surface area contributed by atoms with Gasteiger partial charge in [0.1, 0.15) is 0 Å². The third kappa shape index (κ3) is 0.920. The van der Waals surface area contributed by atoms with Gasteiger partial charge >= 0.3 is 0 Å². The van der Waals surface area contributed by atoms with Crippen LogP contribution in [0.2, 0.25) is 0 Å². The molecule has 0 aromatic heterocycles. The number of allylic oxidation sites excluding steroid dienone is 1. The first kappa shape index (κ1) is 5.83. The Bertz CT molecular complexity index is 107. The van der Waals surface area contributed by atoms with Crippen molar-refractivity contribution in [3.05, 3.63) is 18.6 Å². The first-order chi connectivity index (χ1) is 3.77. The van der Waals surface area contributed by atoms with Gasteiger partial charge in [-0.2, -0.15) is 0 Å². The van der Waals surface area contributed by atoms with Crippen molar-refractivity contribution in [2.24, 2.45) is 0 Å². The Morgan fingerprint density at radius 3 is 2.75 bits per heavy atom. The fraction of sp³-hybridized carbons (Fsp3) is 0.571. The highest BCUT2D eigenvalue weighted by molar-refractivity contribution is 5.17. The summed E-state index contributed by atoms with van der Waals surface area (Å²) in [4.78, 5) is 0. The Hall–Kier alpha value is -0.300. The van der Waals surface area contributed by atoms with Gasteiger partial charge in [0.15, 0.2) is 0 Å². The normalized spacial score (nSPS) is 36.2. The van der Waals surface area contributed by atoms with Gasteiger partial charge in [-0.3, -0.25) is 0 Å². The molecule has 0 bridgehead atoms. The van der Waals surface area contributed by atoms with E-state index in [2.05, 4.69) is 0 Å². The highest BCUT2D eigenvalue weighted by atomic mass is 16.3. The molecule has 0 saturated heterocycles. The summed E-state index contributed by atoms with van der Waals surface area (Å²) in [6, 6.07) is 0. The fourth-order valence-electron chi connectivity index (χ4n) is 0.874. The van der Waals surface area contributed by atoms with Crippen LogP contribution in [0.3, 0.4) is 0 Å². The third-order valence-electron chi connectivity index (χ3n) is 1.58. The highest BCUT2D eigenvalue weighted by Gasteiger charge is 2.23. The van der Waals surface area contributed by atoms with Crippen molar-refractivity contribution >= 4 is 0 Å². The average molecular weight is 111 g/mol. The Morgan fingerprint density at radius 1 is 1.75 bits per heavy atom. The lowest BCUT2D eigenvalue weighted by Crippen LogP contribution is -2.21. The molecule has 1 aliphatic rings. The predicted octanol–water partition coefficient (Wildman–Crippen LogP) is 1.29. The summed E-state index contributed by atoms with van der Waals surface area (Å²) in [6.45, 7) is 1.98. The van der Waals surface area contributed by atoms with Gasteiger partial charge in [0.25, 0.3) is 0 Å². The van der Waals surface area contributed by atoms with Crippen LogP contribution in [0.25, 0.3) is 0 Å². The molecule has 0 heterocycles. The summed E-state index contributed by atoms with van der Waals surface area (Å²) in [5.74, 6) is 0. The lowest BCUT2D eigenvalue weighted by molar-refractivity contribution is 0.125. The van der Waals surface area contributed by atoms with E-state index in [0.717, 1.165) is 12.8 Å². The van der Waals surface area contributed by atoms with Gasteiger partial charge in [0.05, 0.1) is 5.60 Å². The lowest BCUT2D eigenvalue weighted by Gasteiger charge is -2.15. The molecular weight excluding hydrogens is 100 g/mol. The van der Waals surface area contributed by atoms with Crippen molar-refractivity contribution in [1.82, 2.24) is 0 Å². The highest BCUT2D eigenvalue weighted by Crippen LogP contribution is 2.23. The molecule has 1 radical (unpaired) electrons. The van der Waals surface area contributed by atoms with Crippen molar-refractivity contribution in [1.29, 1.82) is 0 Å². The van der Waals surface area contributed by atoms with E-state index in [4.69, 9.17) is 0 Å². The van der Waals surface area contributed by atoms with Crippen LogP contribution in [0, 0.1) is 6.42 Å². The van der Waals surface area contributed by atoms with Crippen LogP contribution in [-0.2, 0) is 0 Å². The third-order valence-corrected chi connectivity index (χ3v) is 1.58. The number of hydrogen-bond acceptors (Lipinski definition) is 1. The molecule has 0 aromatic rings. The minimum atomic E-state index is -0.569. The van der Waals surface area contributed by atoms with E-state index in [1.165, 1.54) is 0 Å². The molecule has 1 aliphatic carbocycles. The number of aliphatic hydroxyl groups is 1. The van der Waals surface area contributed by atoms with E-state index in [-0.39, 0.29) is 0 Å². The Labute approximate surface area is 50.0 Å². The molecule has 0 saturated carbocycles. The quantitative estimate of drug-likeness (QED) is 0.505. The van der Waals surface area contributed by atoms with Crippen molar-refractivity contribution in [3.63, 3.8) is 0 Å². The topological polar surface area (TPSA) is 20.2 Å². The number of rotatable bonds is 1. The van der Waals surface area contributed by atoms with E-state index >= 15 is 0 Å².